The highest BCUT2D eigenvalue weighted by Gasteiger charge is 2.54. The Morgan fingerprint density at radius 1 is 1.27 bits per heavy atom. The zero-order chi connectivity index (χ0) is 11.1. The fourth-order valence-electron chi connectivity index (χ4n) is 1.36. The molecule has 0 saturated carbocycles. The van der Waals surface area contributed by atoms with Gasteiger partial charge in [-0.3, -0.25) is 18.4 Å². The number of phosphoric acid groups is 1. The second kappa shape index (κ2) is 3.86. The molecule has 2 bridgehead atoms. The van der Waals surface area contributed by atoms with Crippen LogP contribution < -0.4 is 0 Å². The molecule has 3 rings (SSSR count). The van der Waals surface area contributed by atoms with Crippen molar-refractivity contribution in [3.8, 4) is 0 Å². The van der Waals surface area contributed by atoms with Crippen LogP contribution in [0.4, 0.5) is 0 Å². The molecule has 0 aromatic rings. The third-order valence-corrected chi connectivity index (χ3v) is 4.73. The molecule has 3 aliphatic heterocycles. The number of hydrogen-bond donors (Lipinski definition) is 0. The Hall–Kier alpha value is 0.130. The van der Waals surface area contributed by atoms with E-state index in [9.17, 15) is 9.36 Å². The minimum absolute atomic E-state index is 0.0107. The van der Waals surface area contributed by atoms with Crippen molar-refractivity contribution in [2.75, 3.05) is 19.8 Å². The van der Waals surface area contributed by atoms with Gasteiger partial charge in [0.1, 0.15) is 5.41 Å². The minimum Gasteiger partial charge on any atom is -0.286 e. The Morgan fingerprint density at radius 3 is 2.13 bits per heavy atom. The summed E-state index contributed by atoms with van der Waals surface area (Å²) in [6.07, 6.45) is 0. The fourth-order valence-corrected chi connectivity index (χ4v) is 3.65. The van der Waals surface area contributed by atoms with Gasteiger partial charge in [-0.1, -0.05) is 25.6 Å². The van der Waals surface area contributed by atoms with E-state index in [0.717, 1.165) is 0 Å². The van der Waals surface area contributed by atoms with E-state index in [1.807, 2.05) is 13.8 Å². The highest BCUT2D eigenvalue weighted by Crippen LogP contribution is 2.60. The second-order valence-electron chi connectivity index (χ2n) is 4.00. The predicted molar refractivity (Wildman–Crippen MR) is 55.6 cm³/mol. The average molecular weight is 252 g/mol. The molecule has 0 aromatic heterocycles. The van der Waals surface area contributed by atoms with Gasteiger partial charge in [0, 0.05) is 5.25 Å². The lowest BCUT2D eigenvalue weighted by atomic mass is 9.93. The van der Waals surface area contributed by atoms with E-state index in [1.165, 1.54) is 11.8 Å². The van der Waals surface area contributed by atoms with Gasteiger partial charge in [-0.05, 0) is 0 Å². The molecule has 0 atom stereocenters. The third-order valence-electron chi connectivity index (χ3n) is 2.27. The minimum atomic E-state index is -3.31. The quantitative estimate of drug-likeness (QED) is 0.699. The number of hydrogen-bond acceptors (Lipinski definition) is 6. The Labute approximate surface area is 92.5 Å². The highest BCUT2D eigenvalue weighted by molar-refractivity contribution is 8.14. The molecule has 0 N–H and O–H groups in total. The molecule has 0 unspecified atom stereocenters. The summed E-state index contributed by atoms with van der Waals surface area (Å²) in [7, 11) is -3.31. The molecule has 7 heteroatoms. The lowest BCUT2D eigenvalue weighted by molar-refractivity contribution is -0.140. The first-order chi connectivity index (χ1) is 6.96. The van der Waals surface area contributed by atoms with E-state index in [0.29, 0.717) is 0 Å². The van der Waals surface area contributed by atoms with Crippen molar-refractivity contribution in [1.29, 1.82) is 0 Å². The maximum atomic E-state index is 11.9. The van der Waals surface area contributed by atoms with E-state index in [1.54, 1.807) is 0 Å². The van der Waals surface area contributed by atoms with Gasteiger partial charge in [0.25, 0.3) is 0 Å². The first-order valence-electron chi connectivity index (χ1n) is 4.71. The SMILES string of the molecule is CC(C)SC(=O)C12COP(=O)(OC1)OC2. The molecule has 3 aliphatic rings. The molecule has 0 aliphatic carbocycles. The lowest BCUT2D eigenvalue weighted by Crippen LogP contribution is -2.49. The number of thioether (sulfide) groups is 1. The monoisotopic (exact) mass is 252 g/mol. The molecule has 0 amide bonds. The largest absolute Gasteiger partial charge is 0.474 e. The van der Waals surface area contributed by atoms with Crippen LogP contribution in [-0.2, 0) is 22.9 Å². The van der Waals surface area contributed by atoms with Gasteiger partial charge in [0.15, 0.2) is 0 Å². The van der Waals surface area contributed by atoms with Crippen molar-refractivity contribution in [2.24, 2.45) is 5.41 Å². The molecule has 0 spiro atoms. The number of fused-ring (bicyclic) bond motifs is 3. The zero-order valence-electron chi connectivity index (χ0n) is 8.60. The van der Waals surface area contributed by atoms with Crippen molar-refractivity contribution in [2.45, 2.75) is 19.1 Å². The Morgan fingerprint density at radius 2 is 1.73 bits per heavy atom. The molecule has 3 fully saturated rings. The van der Waals surface area contributed by atoms with Crippen LogP contribution in [-0.4, -0.2) is 30.2 Å². The number of carbonyl (C=O) groups excluding carboxylic acids is 1. The molecule has 3 saturated heterocycles. The van der Waals surface area contributed by atoms with E-state index >= 15 is 0 Å². The van der Waals surface area contributed by atoms with Crippen LogP contribution in [0.1, 0.15) is 13.8 Å². The van der Waals surface area contributed by atoms with E-state index in [-0.39, 0.29) is 30.2 Å². The van der Waals surface area contributed by atoms with Gasteiger partial charge in [-0.2, -0.15) is 0 Å². The average Bonchev–Trinajstić information content (AvgIpc) is 2.18. The number of phosphoric ester groups is 1. The van der Waals surface area contributed by atoms with Crippen molar-refractivity contribution < 1.29 is 22.9 Å². The van der Waals surface area contributed by atoms with Crippen LogP contribution >= 0.6 is 19.6 Å². The lowest BCUT2D eigenvalue weighted by Gasteiger charge is -2.42. The van der Waals surface area contributed by atoms with E-state index < -0.39 is 13.2 Å². The van der Waals surface area contributed by atoms with Crippen molar-refractivity contribution in [1.82, 2.24) is 0 Å². The summed E-state index contributed by atoms with van der Waals surface area (Å²) >= 11 is 1.24. The summed E-state index contributed by atoms with van der Waals surface area (Å²) in [5, 5.41) is 0.200. The zero-order valence-corrected chi connectivity index (χ0v) is 10.3. The number of rotatable bonds is 2. The summed E-state index contributed by atoms with van der Waals surface area (Å²) in [6.45, 7) is 4.31. The van der Waals surface area contributed by atoms with Crippen molar-refractivity contribution >= 4 is 24.7 Å². The topological polar surface area (TPSA) is 61.8 Å². The van der Waals surface area contributed by atoms with E-state index in [2.05, 4.69) is 0 Å². The standard InChI is InChI=1S/C8H13O5PS/c1-6(2)15-7(9)8-3-11-14(10,12-4-8)13-5-8/h6H,3-5H2,1-2H3. The van der Waals surface area contributed by atoms with Crippen LogP contribution in [0, 0.1) is 5.41 Å². The number of carbonyl (C=O) groups is 1. The second-order valence-corrected chi connectivity index (χ2v) is 7.22. The van der Waals surface area contributed by atoms with Gasteiger partial charge in [0.2, 0.25) is 5.12 Å². The molecule has 0 radical (unpaired) electrons. The first-order valence-corrected chi connectivity index (χ1v) is 7.05. The smallest absolute Gasteiger partial charge is 0.286 e. The Kier molecular flexibility index (Phi) is 2.99. The van der Waals surface area contributed by atoms with Gasteiger partial charge in [0.05, 0.1) is 19.8 Å². The van der Waals surface area contributed by atoms with Crippen LogP contribution in [0.25, 0.3) is 0 Å². The molecular formula is C8H13O5PS. The van der Waals surface area contributed by atoms with Gasteiger partial charge in [-0.15, -0.1) is 0 Å². The fraction of sp³-hybridized carbons (Fsp3) is 0.875. The van der Waals surface area contributed by atoms with Crippen LogP contribution in [0.3, 0.4) is 0 Å². The molecule has 15 heavy (non-hydrogen) atoms. The van der Waals surface area contributed by atoms with Crippen molar-refractivity contribution in [3.63, 3.8) is 0 Å². The maximum Gasteiger partial charge on any atom is 0.474 e. The Balaban J connectivity index is 2.09. The molecule has 5 nitrogen and oxygen atoms in total. The van der Waals surface area contributed by atoms with Gasteiger partial charge in [-0.25, -0.2) is 4.57 Å². The van der Waals surface area contributed by atoms with E-state index in [4.69, 9.17) is 13.6 Å². The highest BCUT2D eigenvalue weighted by atomic mass is 32.2. The molecule has 86 valence electrons. The summed E-state index contributed by atoms with van der Waals surface area (Å²) in [6, 6.07) is 0. The van der Waals surface area contributed by atoms with Crippen LogP contribution in [0.2, 0.25) is 0 Å². The summed E-state index contributed by atoms with van der Waals surface area (Å²) < 4.78 is 26.3. The predicted octanol–water partition coefficient (Wildman–Crippen LogP) is 1.83. The van der Waals surface area contributed by atoms with Crippen LogP contribution in [0.15, 0.2) is 0 Å². The van der Waals surface area contributed by atoms with Gasteiger partial charge >= 0.3 is 7.82 Å². The van der Waals surface area contributed by atoms with Crippen molar-refractivity contribution in [3.05, 3.63) is 0 Å². The van der Waals surface area contributed by atoms with Crippen LogP contribution in [0.5, 0.6) is 0 Å². The van der Waals surface area contributed by atoms with Gasteiger partial charge < -0.3 is 0 Å². The summed E-state index contributed by atoms with van der Waals surface area (Å²) in [4.78, 5) is 11.9. The molecule has 0 aromatic carbocycles. The first kappa shape index (κ1) is 11.6. The Bertz CT molecular complexity index is 298. The normalized spacial score (nSPS) is 39.7. The third kappa shape index (κ3) is 2.15. The molecule has 3 heterocycles. The summed E-state index contributed by atoms with van der Waals surface area (Å²) in [5.41, 5.74) is -0.763. The molecular weight excluding hydrogens is 239 g/mol. The maximum absolute atomic E-state index is 11.9. The summed E-state index contributed by atoms with van der Waals surface area (Å²) in [5.74, 6) is 0.